The lowest BCUT2D eigenvalue weighted by Gasteiger charge is -2.17. The highest BCUT2D eigenvalue weighted by Crippen LogP contribution is 2.28. The van der Waals surface area contributed by atoms with Crippen molar-refractivity contribution in [1.29, 1.82) is 0 Å². The largest absolute Gasteiger partial charge is 0.358 e. The molecule has 0 radical (unpaired) electrons. The number of hydrogen-bond donors (Lipinski definition) is 2. The molecule has 5 rings (SSSR count). The molecule has 0 fully saturated rings. The molecule has 8 nitrogen and oxygen atoms in total. The van der Waals surface area contributed by atoms with E-state index in [2.05, 4.69) is 30.2 Å². The average Bonchev–Trinajstić information content (AvgIpc) is 3.33. The summed E-state index contributed by atoms with van der Waals surface area (Å²) >= 11 is 6.23. The van der Waals surface area contributed by atoms with E-state index < -0.39 is 0 Å². The molecule has 1 unspecified atom stereocenters. The van der Waals surface area contributed by atoms with Gasteiger partial charge in [0.2, 0.25) is 0 Å². The third kappa shape index (κ3) is 2.74. The summed E-state index contributed by atoms with van der Waals surface area (Å²) in [5.74, 6) is 1.45. The van der Waals surface area contributed by atoms with Crippen molar-refractivity contribution in [2.75, 3.05) is 5.32 Å². The van der Waals surface area contributed by atoms with E-state index in [1.165, 1.54) is 6.33 Å². The van der Waals surface area contributed by atoms with Crippen LogP contribution in [0.5, 0.6) is 0 Å². The average molecular weight is 391 g/mol. The Balaban J connectivity index is 1.64. The van der Waals surface area contributed by atoms with Gasteiger partial charge in [-0.25, -0.2) is 24.9 Å². The second kappa shape index (κ2) is 6.58. The van der Waals surface area contributed by atoms with Crippen molar-refractivity contribution in [1.82, 2.24) is 34.5 Å². The van der Waals surface area contributed by atoms with E-state index >= 15 is 0 Å². The number of fused-ring (bicyclic) bond motifs is 2. The van der Waals surface area contributed by atoms with Crippen molar-refractivity contribution in [2.24, 2.45) is 0 Å². The van der Waals surface area contributed by atoms with Crippen molar-refractivity contribution < 1.29 is 0 Å². The van der Waals surface area contributed by atoms with Crippen LogP contribution in [0, 0.1) is 0 Å². The van der Waals surface area contributed by atoms with Gasteiger partial charge in [0.25, 0.3) is 0 Å². The Bertz CT molecular complexity index is 1290. The quantitative estimate of drug-likeness (QED) is 0.482. The Labute approximate surface area is 164 Å². The molecule has 1 atom stereocenters. The molecule has 0 bridgehead atoms. The van der Waals surface area contributed by atoms with Crippen LogP contribution < -0.4 is 5.32 Å². The van der Waals surface area contributed by atoms with Gasteiger partial charge in [-0.2, -0.15) is 0 Å². The third-order valence-corrected chi connectivity index (χ3v) is 4.71. The van der Waals surface area contributed by atoms with Gasteiger partial charge >= 0.3 is 0 Å². The van der Waals surface area contributed by atoms with Crippen LogP contribution in [0.25, 0.3) is 28.0 Å². The molecule has 1 aromatic carbocycles. The molecular formula is C19H15ClN8. The molecule has 0 aliphatic heterocycles. The highest BCUT2D eigenvalue weighted by molar-refractivity contribution is 6.30. The molecule has 9 heteroatoms. The van der Waals surface area contributed by atoms with Crippen molar-refractivity contribution in [3.8, 4) is 5.69 Å². The lowest BCUT2D eigenvalue weighted by atomic mass is 10.2. The number of nitrogens with zero attached hydrogens (tertiary/aromatic N) is 6. The Hall–Kier alpha value is -3.52. The summed E-state index contributed by atoms with van der Waals surface area (Å²) in [6.07, 6.45) is 4.84. The summed E-state index contributed by atoms with van der Waals surface area (Å²) < 4.78 is 2.00. The van der Waals surface area contributed by atoms with Gasteiger partial charge in [-0.1, -0.05) is 17.7 Å². The highest BCUT2D eigenvalue weighted by Gasteiger charge is 2.20. The molecule has 0 spiro atoms. The SMILES string of the molecule is CC(Nc1ncnc2nc[nH]c12)c1nc2cccnc2n1-c1cccc(Cl)c1. The number of anilines is 1. The molecular weight excluding hydrogens is 376 g/mol. The summed E-state index contributed by atoms with van der Waals surface area (Å²) in [5.41, 5.74) is 3.82. The van der Waals surface area contributed by atoms with Crippen LogP contribution in [0.4, 0.5) is 5.82 Å². The molecule has 0 saturated carbocycles. The first-order valence-electron chi connectivity index (χ1n) is 8.70. The van der Waals surface area contributed by atoms with Gasteiger partial charge in [0.15, 0.2) is 17.1 Å². The lowest BCUT2D eigenvalue weighted by Crippen LogP contribution is -2.14. The number of H-pyrrole nitrogens is 1. The number of pyridine rings is 1. The van der Waals surface area contributed by atoms with Gasteiger partial charge in [0.05, 0.1) is 18.1 Å². The number of halogens is 1. The minimum absolute atomic E-state index is 0.172. The first-order valence-corrected chi connectivity index (χ1v) is 9.08. The van der Waals surface area contributed by atoms with Crippen LogP contribution in [0.3, 0.4) is 0 Å². The Morgan fingerprint density at radius 3 is 2.93 bits per heavy atom. The number of aromatic nitrogens is 7. The highest BCUT2D eigenvalue weighted by atomic mass is 35.5. The Morgan fingerprint density at radius 1 is 1.11 bits per heavy atom. The van der Waals surface area contributed by atoms with Crippen molar-refractivity contribution in [3.05, 3.63) is 66.1 Å². The number of benzene rings is 1. The van der Waals surface area contributed by atoms with Crippen LogP contribution in [0.2, 0.25) is 5.02 Å². The van der Waals surface area contributed by atoms with Gasteiger partial charge in [0.1, 0.15) is 23.2 Å². The van der Waals surface area contributed by atoms with Gasteiger partial charge in [-0.05, 0) is 37.3 Å². The van der Waals surface area contributed by atoms with E-state index in [0.29, 0.717) is 16.5 Å². The Morgan fingerprint density at radius 2 is 2.04 bits per heavy atom. The van der Waals surface area contributed by atoms with E-state index in [0.717, 1.165) is 28.2 Å². The summed E-state index contributed by atoms with van der Waals surface area (Å²) in [4.78, 5) is 25.1. The van der Waals surface area contributed by atoms with Crippen LogP contribution in [0.15, 0.2) is 55.2 Å². The zero-order chi connectivity index (χ0) is 19.1. The van der Waals surface area contributed by atoms with Gasteiger partial charge < -0.3 is 10.3 Å². The standard InChI is InChI=1S/C19H15ClN8/c1-11(26-17-15-16(23-9-22-15)24-10-25-17)18-27-14-6-3-7-21-19(14)28(18)13-5-2-4-12(20)8-13/h2-11H,1H3,(H2,22,23,24,25,26). The van der Waals surface area contributed by atoms with Gasteiger partial charge in [-0.15, -0.1) is 0 Å². The maximum Gasteiger partial charge on any atom is 0.182 e. The van der Waals surface area contributed by atoms with Crippen LogP contribution >= 0.6 is 11.6 Å². The lowest BCUT2D eigenvalue weighted by molar-refractivity contribution is 0.767. The fraction of sp³-hybridized carbons (Fsp3) is 0.105. The fourth-order valence-electron chi connectivity index (χ4n) is 3.23. The van der Waals surface area contributed by atoms with E-state index in [9.17, 15) is 0 Å². The minimum Gasteiger partial charge on any atom is -0.358 e. The van der Waals surface area contributed by atoms with Gasteiger partial charge in [0, 0.05) is 11.2 Å². The summed E-state index contributed by atoms with van der Waals surface area (Å²) in [7, 11) is 0. The first kappa shape index (κ1) is 16.6. The molecule has 4 heterocycles. The summed E-state index contributed by atoms with van der Waals surface area (Å²) in [6.45, 7) is 2.02. The van der Waals surface area contributed by atoms with E-state index in [1.54, 1.807) is 12.5 Å². The topological polar surface area (TPSA) is 97.2 Å². The normalized spacial score (nSPS) is 12.5. The molecule has 0 aliphatic carbocycles. The number of imidazole rings is 2. The summed E-state index contributed by atoms with van der Waals surface area (Å²) in [5, 5.41) is 4.06. The monoisotopic (exact) mass is 390 g/mol. The molecule has 5 aromatic rings. The number of hydrogen-bond acceptors (Lipinski definition) is 6. The Kier molecular flexibility index (Phi) is 3.91. The second-order valence-corrected chi connectivity index (χ2v) is 6.76. The number of rotatable bonds is 4. The maximum atomic E-state index is 6.23. The number of aromatic amines is 1. The predicted molar refractivity (Wildman–Crippen MR) is 108 cm³/mol. The molecule has 28 heavy (non-hydrogen) atoms. The fourth-order valence-corrected chi connectivity index (χ4v) is 3.42. The molecule has 138 valence electrons. The minimum atomic E-state index is -0.172. The molecule has 2 N–H and O–H groups in total. The van der Waals surface area contributed by atoms with Crippen molar-refractivity contribution in [2.45, 2.75) is 13.0 Å². The maximum absolute atomic E-state index is 6.23. The third-order valence-electron chi connectivity index (χ3n) is 4.47. The van der Waals surface area contributed by atoms with Gasteiger partial charge in [-0.3, -0.25) is 4.57 Å². The van der Waals surface area contributed by atoms with Crippen molar-refractivity contribution >= 4 is 39.7 Å². The first-order chi connectivity index (χ1) is 13.7. The second-order valence-electron chi connectivity index (χ2n) is 6.32. The molecule has 0 saturated heterocycles. The van der Waals surface area contributed by atoms with Crippen LogP contribution in [-0.4, -0.2) is 34.5 Å². The smallest absolute Gasteiger partial charge is 0.182 e. The van der Waals surface area contributed by atoms with E-state index in [1.807, 2.05) is 47.9 Å². The van der Waals surface area contributed by atoms with Crippen molar-refractivity contribution in [3.63, 3.8) is 0 Å². The number of nitrogens with one attached hydrogen (secondary N) is 2. The predicted octanol–water partition coefficient (Wildman–Crippen LogP) is 3.91. The van der Waals surface area contributed by atoms with Crippen LogP contribution in [-0.2, 0) is 0 Å². The van der Waals surface area contributed by atoms with E-state index in [4.69, 9.17) is 16.6 Å². The zero-order valence-electron chi connectivity index (χ0n) is 14.8. The molecule has 4 aromatic heterocycles. The van der Waals surface area contributed by atoms with E-state index in [-0.39, 0.29) is 6.04 Å². The zero-order valence-corrected chi connectivity index (χ0v) is 15.6. The molecule has 0 amide bonds. The van der Waals surface area contributed by atoms with Crippen LogP contribution in [0.1, 0.15) is 18.8 Å². The molecule has 0 aliphatic rings. The summed E-state index contributed by atoms with van der Waals surface area (Å²) in [6, 6.07) is 11.3.